The van der Waals surface area contributed by atoms with Crippen LogP contribution in [0.1, 0.15) is 18.5 Å². The summed E-state index contributed by atoms with van der Waals surface area (Å²) in [5.41, 5.74) is 8.85. The van der Waals surface area contributed by atoms with Crippen molar-refractivity contribution in [2.24, 2.45) is 5.73 Å². The van der Waals surface area contributed by atoms with Crippen LogP contribution in [0.5, 0.6) is 0 Å². The Balaban J connectivity index is 1.84. The summed E-state index contributed by atoms with van der Waals surface area (Å²) in [6, 6.07) is 12.0. The van der Waals surface area contributed by atoms with Gasteiger partial charge in [0.2, 0.25) is 0 Å². The first-order chi connectivity index (χ1) is 9.22. The molecule has 0 aliphatic carbocycles. The first-order valence-electron chi connectivity index (χ1n) is 6.06. The molecule has 1 atom stereocenters. The van der Waals surface area contributed by atoms with E-state index in [0.717, 1.165) is 26.8 Å². The molecule has 0 fully saturated rings. The number of nitrogens with one attached hydrogen (secondary N) is 1. The molecule has 0 radical (unpaired) electrons. The first-order valence-corrected chi connectivity index (χ1v) is 6.88. The fraction of sp³-hybridized carbons (Fsp3) is 0.143. The van der Waals surface area contributed by atoms with Gasteiger partial charge in [-0.25, -0.2) is 9.97 Å². The van der Waals surface area contributed by atoms with Crippen molar-refractivity contribution < 1.29 is 0 Å². The van der Waals surface area contributed by atoms with E-state index in [1.807, 2.05) is 49.5 Å². The average Bonchev–Trinajstić information content (AvgIpc) is 2.81. The fourth-order valence-electron chi connectivity index (χ4n) is 1.80. The van der Waals surface area contributed by atoms with Crippen LogP contribution in [0.4, 0.5) is 0 Å². The van der Waals surface area contributed by atoms with Gasteiger partial charge in [0.05, 0.1) is 11.0 Å². The molecule has 0 spiro atoms. The molecule has 0 unspecified atom stereocenters. The standard InChI is InChI=1S/C14H14N4S/c1-9(15)10-6-7-13(16-8-10)19-14-17-11-4-2-3-5-12(11)18-14/h2-9H,15H2,1H3,(H,17,18)/t9-/m1/s1. The minimum absolute atomic E-state index is 0.0118. The van der Waals surface area contributed by atoms with Crippen LogP contribution in [0.25, 0.3) is 11.0 Å². The molecular formula is C14H14N4S. The lowest BCUT2D eigenvalue weighted by Gasteiger charge is -2.04. The Hall–Kier alpha value is -1.85. The van der Waals surface area contributed by atoms with Crippen molar-refractivity contribution in [3.05, 3.63) is 48.2 Å². The Bertz CT molecular complexity index is 655. The Morgan fingerprint density at radius 1 is 1.21 bits per heavy atom. The van der Waals surface area contributed by atoms with E-state index in [1.165, 1.54) is 11.8 Å². The van der Waals surface area contributed by atoms with Crippen molar-refractivity contribution in [3.63, 3.8) is 0 Å². The van der Waals surface area contributed by atoms with E-state index >= 15 is 0 Å². The van der Waals surface area contributed by atoms with Crippen molar-refractivity contribution in [2.45, 2.75) is 23.1 Å². The number of nitrogens with zero attached hydrogens (tertiary/aromatic N) is 2. The van der Waals surface area contributed by atoms with E-state index < -0.39 is 0 Å². The minimum Gasteiger partial charge on any atom is -0.333 e. The van der Waals surface area contributed by atoms with Crippen molar-refractivity contribution in [1.82, 2.24) is 15.0 Å². The lowest BCUT2D eigenvalue weighted by Crippen LogP contribution is -2.04. The van der Waals surface area contributed by atoms with Gasteiger partial charge in [-0.2, -0.15) is 0 Å². The molecule has 4 nitrogen and oxygen atoms in total. The maximum Gasteiger partial charge on any atom is 0.172 e. The van der Waals surface area contributed by atoms with Crippen LogP contribution in [-0.4, -0.2) is 15.0 Å². The lowest BCUT2D eigenvalue weighted by atomic mass is 10.2. The van der Waals surface area contributed by atoms with E-state index in [1.54, 1.807) is 0 Å². The molecule has 3 rings (SSSR count). The number of aromatic amines is 1. The molecule has 96 valence electrons. The smallest absolute Gasteiger partial charge is 0.172 e. The summed E-state index contributed by atoms with van der Waals surface area (Å²) in [7, 11) is 0. The Labute approximate surface area is 115 Å². The van der Waals surface area contributed by atoms with Crippen molar-refractivity contribution in [1.29, 1.82) is 0 Å². The van der Waals surface area contributed by atoms with Crippen LogP contribution >= 0.6 is 11.8 Å². The number of hydrogen-bond donors (Lipinski definition) is 2. The summed E-state index contributed by atoms with van der Waals surface area (Å²) in [5.74, 6) is 0. The first kappa shape index (κ1) is 12.2. The molecule has 3 N–H and O–H groups in total. The van der Waals surface area contributed by atoms with Crippen LogP contribution in [0.2, 0.25) is 0 Å². The van der Waals surface area contributed by atoms with Gasteiger partial charge >= 0.3 is 0 Å². The number of fused-ring (bicyclic) bond motifs is 1. The molecule has 0 saturated heterocycles. The van der Waals surface area contributed by atoms with Gasteiger partial charge < -0.3 is 10.7 Å². The Morgan fingerprint density at radius 3 is 2.74 bits per heavy atom. The molecule has 3 aromatic rings. The topological polar surface area (TPSA) is 67.6 Å². The number of para-hydroxylation sites is 2. The number of nitrogens with two attached hydrogens (primary N) is 1. The zero-order valence-corrected chi connectivity index (χ0v) is 11.3. The second kappa shape index (κ2) is 5.03. The minimum atomic E-state index is 0.0118. The number of H-pyrrole nitrogens is 1. The van der Waals surface area contributed by atoms with E-state index in [-0.39, 0.29) is 6.04 Å². The average molecular weight is 270 g/mol. The van der Waals surface area contributed by atoms with E-state index in [4.69, 9.17) is 5.73 Å². The maximum atomic E-state index is 5.80. The highest BCUT2D eigenvalue weighted by molar-refractivity contribution is 7.99. The molecule has 0 amide bonds. The largest absolute Gasteiger partial charge is 0.333 e. The van der Waals surface area contributed by atoms with Crippen molar-refractivity contribution in [2.75, 3.05) is 0 Å². The summed E-state index contributed by atoms with van der Waals surface area (Å²) in [6.07, 6.45) is 1.82. The quantitative estimate of drug-likeness (QED) is 0.767. The summed E-state index contributed by atoms with van der Waals surface area (Å²) in [6.45, 7) is 1.95. The maximum absolute atomic E-state index is 5.80. The fourth-order valence-corrected chi connectivity index (χ4v) is 2.54. The molecule has 19 heavy (non-hydrogen) atoms. The van der Waals surface area contributed by atoms with Gasteiger partial charge in [0.25, 0.3) is 0 Å². The second-order valence-electron chi connectivity index (χ2n) is 4.38. The van der Waals surface area contributed by atoms with Crippen molar-refractivity contribution in [3.8, 4) is 0 Å². The summed E-state index contributed by atoms with van der Waals surface area (Å²) in [4.78, 5) is 12.2. The van der Waals surface area contributed by atoms with Crippen LogP contribution < -0.4 is 5.73 Å². The molecule has 5 heteroatoms. The van der Waals surface area contributed by atoms with Gasteiger partial charge in [-0.1, -0.05) is 18.2 Å². The zero-order valence-electron chi connectivity index (χ0n) is 10.5. The number of benzene rings is 1. The molecule has 2 aromatic heterocycles. The predicted molar refractivity (Wildman–Crippen MR) is 77.1 cm³/mol. The highest BCUT2D eigenvalue weighted by atomic mass is 32.2. The number of pyridine rings is 1. The lowest BCUT2D eigenvalue weighted by molar-refractivity contribution is 0.806. The highest BCUT2D eigenvalue weighted by Gasteiger charge is 2.06. The van der Waals surface area contributed by atoms with Crippen molar-refractivity contribution >= 4 is 22.8 Å². The summed E-state index contributed by atoms with van der Waals surface area (Å²) >= 11 is 1.52. The summed E-state index contributed by atoms with van der Waals surface area (Å²) < 4.78 is 0. The number of rotatable bonds is 3. The third kappa shape index (κ3) is 2.62. The molecule has 0 bridgehead atoms. The Morgan fingerprint density at radius 2 is 2.05 bits per heavy atom. The molecule has 0 aliphatic rings. The predicted octanol–water partition coefficient (Wildman–Crippen LogP) is 3.13. The van der Waals surface area contributed by atoms with E-state index in [2.05, 4.69) is 15.0 Å². The molecule has 1 aromatic carbocycles. The van der Waals surface area contributed by atoms with Gasteiger partial charge in [0, 0.05) is 12.2 Å². The van der Waals surface area contributed by atoms with Crippen LogP contribution in [0.15, 0.2) is 52.8 Å². The van der Waals surface area contributed by atoms with Crippen LogP contribution in [0, 0.1) is 0 Å². The number of hydrogen-bond acceptors (Lipinski definition) is 4. The Kier molecular flexibility index (Phi) is 3.23. The highest BCUT2D eigenvalue weighted by Crippen LogP contribution is 2.26. The molecule has 0 aliphatic heterocycles. The van der Waals surface area contributed by atoms with Gasteiger partial charge in [-0.3, -0.25) is 0 Å². The molecule has 0 saturated carbocycles. The molecule has 2 heterocycles. The summed E-state index contributed by atoms with van der Waals surface area (Å²) in [5, 5.41) is 1.76. The number of aromatic nitrogens is 3. The third-order valence-electron chi connectivity index (χ3n) is 2.85. The van der Waals surface area contributed by atoms with E-state index in [9.17, 15) is 0 Å². The van der Waals surface area contributed by atoms with Gasteiger partial charge in [-0.15, -0.1) is 0 Å². The van der Waals surface area contributed by atoms with E-state index in [0.29, 0.717) is 0 Å². The third-order valence-corrected chi connectivity index (χ3v) is 3.69. The molecular weight excluding hydrogens is 256 g/mol. The normalized spacial score (nSPS) is 12.7. The van der Waals surface area contributed by atoms with Gasteiger partial charge in [0.1, 0.15) is 5.03 Å². The van der Waals surface area contributed by atoms with Crippen LogP contribution in [-0.2, 0) is 0 Å². The zero-order chi connectivity index (χ0) is 13.2. The number of imidazole rings is 1. The van der Waals surface area contributed by atoms with Gasteiger partial charge in [-0.05, 0) is 42.4 Å². The van der Waals surface area contributed by atoms with Gasteiger partial charge in [0.15, 0.2) is 5.16 Å². The SMILES string of the molecule is C[C@@H](N)c1ccc(Sc2nc3ccccc3[nH]2)nc1. The second-order valence-corrected chi connectivity index (χ2v) is 5.39. The monoisotopic (exact) mass is 270 g/mol. The van der Waals surface area contributed by atoms with Crippen LogP contribution in [0.3, 0.4) is 0 Å².